The summed E-state index contributed by atoms with van der Waals surface area (Å²) in [6.45, 7) is 7.78. The first-order chi connectivity index (χ1) is 22.1. The van der Waals surface area contributed by atoms with Gasteiger partial charge in [-0.25, -0.2) is 4.79 Å². The van der Waals surface area contributed by atoms with E-state index in [1.807, 2.05) is 56.3 Å². The molecule has 0 radical (unpaired) electrons. The number of aromatic nitrogens is 2. The minimum atomic E-state index is -0.951. The number of fused-ring (bicyclic) bond motifs is 1. The van der Waals surface area contributed by atoms with E-state index in [-0.39, 0.29) is 49.3 Å². The molecule has 5 rings (SSSR count). The highest BCUT2D eigenvalue weighted by Gasteiger charge is 2.40. The molecule has 1 aromatic heterocycles. The first kappa shape index (κ1) is 32.5. The maximum Gasteiger partial charge on any atom is 0.408 e. The van der Waals surface area contributed by atoms with Crippen LogP contribution in [-0.2, 0) is 27.4 Å². The van der Waals surface area contributed by atoms with E-state index in [0.29, 0.717) is 30.9 Å². The second-order valence-electron chi connectivity index (χ2n) is 12.1. The quantitative estimate of drug-likeness (QED) is 0.282. The number of ether oxygens (including phenoxy) is 3. The van der Waals surface area contributed by atoms with Crippen LogP contribution in [0.5, 0.6) is 11.5 Å². The molecule has 0 bridgehead atoms. The molecule has 2 aromatic carbocycles. The molecule has 3 aromatic rings. The van der Waals surface area contributed by atoms with E-state index in [1.54, 1.807) is 19.9 Å². The number of hydrogen-bond donors (Lipinski definition) is 2. The number of nitrogens with zero attached hydrogens (tertiary/aromatic N) is 3. The summed E-state index contributed by atoms with van der Waals surface area (Å²) in [7, 11) is 0. The van der Waals surface area contributed by atoms with Crippen LogP contribution in [0.1, 0.15) is 68.2 Å². The fraction of sp³-hybridized carbons (Fsp3) is 0.455. The smallest absolute Gasteiger partial charge is 0.408 e. The average Bonchev–Trinajstić information content (AvgIpc) is 3.82. The molecular weight excluding hydrogens is 594 g/mol. The summed E-state index contributed by atoms with van der Waals surface area (Å²) in [4.78, 5) is 59.1. The zero-order valence-corrected chi connectivity index (χ0v) is 26.4. The molecule has 1 saturated heterocycles. The Bertz CT molecular complexity index is 1560. The molecule has 244 valence electrons. The number of benzene rings is 2. The SMILES string of the molecule is CC(C)[C@H](NC(=O)[C@@H]1CCCN1C(=O)[C@@H](NC(=O)OCc1ccccc1)C(C)C)C(=O)c1noc(Cc2ccc3c(c2)OCO3)n1. The Labute approximate surface area is 266 Å². The zero-order valence-electron chi connectivity index (χ0n) is 26.4. The number of carbonyl (C=O) groups excluding carboxylic acids is 4. The van der Waals surface area contributed by atoms with Crippen molar-refractivity contribution in [3.05, 3.63) is 71.4 Å². The highest BCUT2D eigenvalue weighted by atomic mass is 16.7. The molecule has 2 aliphatic rings. The van der Waals surface area contributed by atoms with E-state index in [9.17, 15) is 19.2 Å². The van der Waals surface area contributed by atoms with E-state index in [1.165, 1.54) is 4.90 Å². The lowest BCUT2D eigenvalue weighted by Crippen LogP contribution is -2.57. The molecule has 3 heterocycles. The summed E-state index contributed by atoms with van der Waals surface area (Å²) in [5, 5.41) is 9.39. The average molecular weight is 634 g/mol. The molecule has 0 aliphatic carbocycles. The predicted octanol–water partition coefficient (Wildman–Crippen LogP) is 3.65. The van der Waals surface area contributed by atoms with Crippen LogP contribution in [0.3, 0.4) is 0 Å². The molecular formula is C33H39N5O8. The molecule has 0 unspecified atom stereocenters. The van der Waals surface area contributed by atoms with Gasteiger partial charge in [-0.15, -0.1) is 0 Å². The molecule has 0 saturated carbocycles. The van der Waals surface area contributed by atoms with E-state index >= 15 is 0 Å². The number of amides is 3. The lowest BCUT2D eigenvalue weighted by molar-refractivity contribution is -0.141. The van der Waals surface area contributed by atoms with Crippen LogP contribution in [0.15, 0.2) is 53.1 Å². The van der Waals surface area contributed by atoms with Crippen molar-refractivity contribution in [3.63, 3.8) is 0 Å². The van der Waals surface area contributed by atoms with Crippen molar-refractivity contribution in [1.29, 1.82) is 0 Å². The monoisotopic (exact) mass is 633 g/mol. The lowest BCUT2D eigenvalue weighted by atomic mass is 9.98. The van der Waals surface area contributed by atoms with Crippen LogP contribution in [0.25, 0.3) is 0 Å². The number of Topliss-reactive ketones (excluding diaryl/α,β-unsaturated/α-hetero) is 1. The van der Waals surface area contributed by atoms with Gasteiger partial charge in [0.2, 0.25) is 36.1 Å². The molecule has 2 aliphatic heterocycles. The van der Waals surface area contributed by atoms with E-state index in [4.69, 9.17) is 18.7 Å². The molecule has 0 spiro atoms. The van der Waals surface area contributed by atoms with Gasteiger partial charge in [0.1, 0.15) is 18.7 Å². The molecule has 13 heteroatoms. The van der Waals surface area contributed by atoms with E-state index in [2.05, 4.69) is 20.8 Å². The maximum atomic E-state index is 13.7. The third-order valence-corrected chi connectivity index (χ3v) is 7.99. The Morgan fingerprint density at radius 1 is 0.935 bits per heavy atom. The molecule has 1 fully saturated rings. The van der Waals surface area contributed by atoms with Gasteiger partial charge in [0.15, 0.2) is 11.5 Å². The van der Waals surface area contributed by atoms with Gasteiger partial charge in [-0.2, -0.15) is 4.98 Å². The molecule has 3 amide bonds. The Morgan fingerprint density at radius 3 is 2.41 bits per heavy atom. The fourth-order valence-corrected chi connectivity index (χ4v) is 5.46. The summed E-state index contributed by atoms with van der Waals surface area (Å²) in [6.07, 6.45) is 0.572. The number of hydrogen-bond acceptors (Lipinski definition) is 10. The second kappa shape index (κ2) is 14.4. The Morgan fingerprint density at radius 2 is 1.67 bits per heavy atom. The first-order valence-electron chi connectivity index (χ1n) is 15.4. The van der Waals surface area contributed by atoms with Crippen LogP contribution in [-0.4, -0.2) is 70.2 Å². The third kappa shape index (κ3) is 7.64. The van der Waals surface area contributed by atoms with Gasteiger partial charge < -0.3 is 34.3 Å². The topological polar surface area (TPSA) is 162 Å². The minimum Gasteiger partial charge on any atom is -0.454 e. The third-order valence-electron chi connectivity index (χ3n) is 7.99. The van der Waals surface area contributed by atoms with Crippen LogP contribution in [0, 0.1) is 11.8 Å². The lowest BCUT2D eigenvalue weighted by Gasteiger charge is -2.31. The van der Waals surface area contributed by atoms with Crippen molar-refractivity contribution in [2.45, 2.75) is 71.7 Å². The maximum absolute atomic E-state index is 13.7. The number of alkyl carbamates (subject to hydrolysis) is 1. The normalized spacial score (nSPS) is 16.7. The van der Waals surface area contributed by atoms with Gasteiger partial charge in [-0.1, -0.05) is 69.2 Å². The predicted molar refractivity (Wildman–Crippen MR) is 164 cm³/mol. The molecule has 13 nitrogen and oxygen atoms in total. The van der Waals surface area contributed by atoms with Gasteiger partial charge in [0.05, 0.1) is 12.5 Å². The van der Waals surface area contributed by atoms with Crippen molar-refractivity contribution in [2.24, 2.45) is 11.8 Å². The first-order valence-corrected chi connectivity index (χ1v) is 15.4. The Hall–Kier alpha value is -4.94. The van der Waals surface area contributed by atoms with Crippen LogP contribution in [0.2, 0.25) is 0 Å². The van der Waals surface area contributed by atoms with Gasteiger partial charge in [-0.05, 0) is 47.9 Å². The van der Waals surface area contributed by atoms with E-state index in [0.717, 1.165) is 11.1 Å². The van der Waals surface area contributed by atoms with Crippen molar-refractivity contribution in [1.82, 2.24) is 25.7 Å². The number of rotatable bonds is 12. The number of carbonyl (C=O) groups is 4. The Kier molecular flexibility index (Phi) is 10.2. The second-order valence-corrected chi connectivity index (χ2v) is 12.1. The largest absolute Gasteiger partial charge is 0.454 e. The summed E-state index contributed by atoms with van der Waals surface area (Å²) < 4.78 is 21.4. The minimum absolute atomic E-state index is 0.0608. The van der Waals surface area contributed by atoms with Crippen molar-refractivity contribution >= 4 is 23.7 Å². The fourth-order valence-electron chi connectivity index (χ4n) is 5.46. The summed E-state index contributed by atoms with van der Waals surface area (Å²) in [5.41, 5.74) is 1.66. The number of ketones is 1. The van der Waals surface area contributed by atoms with Crippen LogP contribution >= 0.6 is 0 Å². The highest BCUT2D eigenvalue weighted by Crippen LogP contribution is 2.33. The number of nitrogens with one attached hydrogen (secondary N) is 2. The van der Waals surface area contributed by atoms with Gasteiger partial charge >= 0.3 is 6.09 Å². The summed E-state index contributed by atoms with van der Waals surface area (Å²) in [5.74, 6) is -0.555. The van der Waals surface area contributed by atoms with Crippen molar-refractivity contribution in [3.8, 4) is 11.5 Å². The summed E-state index contributed by atoms with van der Waals surface area (Å²) in [6, 6.07) is 12.0. The standard InChI is InChI=1S/C33H39N5O8/c1-19(2)27(29(39)30-34-26(46-37-30)16-22-12-13-24-25(15-22)45-18-44-24)35-31(40)23-11-8-14-38(23)32(41)28(20(3)4)36-33(42)43-17-21-9-6-5-7-10-21/h5-7,9-10,12-13,15,19-20,23,27-28H,8,11,14,16-18H2,1-4H3,(H,35,40)(H,36,42)/t23-,27-,28-/m0/s1. The van der Waals surface area contributed by atoms with Crippen molar-refractivity contribution < 1.29 is 37.9 Å². The van der Waals surface area contributed by atoms with Gasteiger partial charge in [0, 0.05) is 6.54 Å². The van der Waals surface area contributed by atoms with E-state index < -0.39 is 35.9 Å². The molecule has 3 atom stereocenters. The Balaban J connectivity index is 1.20. The van der Waals surface area contributed by atoms with Gasteiger partial charge in [-0.3, -0.25) is 14.4 Å². The number of likely N-dealkylation sites (tertiary alicyclic amines) is 1. The summed E-state index contributed by atoms with van der Waals surface area (Å²) >= 11 is 0. The molecule has 2 N–H and O–H groups in total. The van der Waals surface area contributed by atoms with Gasteiger partial charge in [0.25, 0.3) is 0 Å². The molecule has 46 heavy (non-hydrogen) atoms. The van der Waals surface area contributed by atoms with Crippen LogP contribution < -0.4 is 20.1 Å². The van der Waals surface area contributed by atoms with Crippen molar-refractivity contribution in [2.75, 3.05) is 13.3 Å². The van der Waals surface area contributed by atoms with Crippen LogP contribution in [0.4, 0.5) is 4.79 Å². The zero-order chi connectivity index (χ0) is 32.8. The highest BCUT2D eigenvalue weighted by molar-refractivity contribution is 6.00.